The minimum Gasteiger partial charge on any atom is -0.294 e. The van der Waals surface area contributed by atoms with Crippen LogP contribution >= 0.6 is 0 Å². The van der Waals surface area contributed by atoms with Gasteiger partial charge in [-0.3, -0.25) is 4.79 Å². The molecule has 0 heterocycles. The summed E-state index contributed by atoms with van der Waals surface area (Å²) in [5.74, 6) is 1.23. The van der Waals surface area contributed by atoms with Gasteiger partial charge >= 0.3 is 0 Å². The van der Waals surface area contributed by atoms with Crippen LogP contribution in [0.2, 0.25) is 0 Å². The van der Waals surface area contributed by atoms with Crippen molar-refractivity contribution in [1.82, 2.24) is 0 Å². The molecule has 1 nitrogen and oxygen atoms in total. The summed E-state index contributed by atoms with van der Waals surface area (Å²) in [4.78, 5) is 11.4. The Bertz CT molecular complexity index is 399. The molecule has 3 rings (SSSR count). The van der Waals surface area contributed by atoms with Gasteiger partial charge in [-0.05, 0) is 36.0 Å². The highest BCUT2D eigenvalue weighted by atomic mass is 16.1. The predicted octanol–water partition coefficient (Wildman–Crippen LogP) is 2.68. The van der Waals surface area contributed by atoms with E-state index >= 15 is 0 Å². The van der Waals surface area contributed by atoms with Crippen molar-refractivity contribution in [1.29, 1.82) is 0 Å². The first kappa shape index (κ1) is 7.98. The van der Waals surface area contributed by atoms with Crippen LogP contribution in [-0.4, -0.2) is 5.78 Å². The zero-order chi connectivity index (χ0) is 9.54. The van der Waals surface area contributed by atoms with Gasteiger partial charge in [0.05, 0.1) is 5.92 Å². The van der Waals surface area contributed by atoms with E-state index in [0.29, 0.717) is 11.7 Å². The number of rotatable bonds is 2. The molecular formula is C13H12O. The molecule has 14 heavy (non-hydrogen) atoms. The van der Waals surface area contributed by atoms with Crippen molar-refractivity contribution in [3.05, 3.63) is 42.0 Å². The molecule has 0 aliphatic heterocycles. The maximum Gasteiger partial charge on any atom is 0.163 e. The second-order valence-corrected chi connectivity index (χ2v) is 4.18. The van der Waals surface area contributed by atoms with E-state index in [0.717, 1.165) is 0 Å². The van der Waals surface area contributed by atoms with Gasteiger partial charge in [-0.15, -0.1) is 0 Å². The van der Waals surface area contributed by atoms with E-state index in [4.69, 9.17) is 0 Å². The molecule has 1 atom stereocenters. The molecule has 0 bridgehead atoms. The topological polar surface area (TPSA) is 17.1 Å². The molecule has 1 fully saturated rings. The number of hydrogen-bond acceptors (Lipinski definition) is 1. The molecule has 2 aliphatic carbocycles. The molecule has 2 aliphatic rings. The summed E-state index contributed by atoms with van der Waals surface area (Å²) in [6, 6.07) is 10.3. The monoisotopic (exact) mass is 184 g/mol. The van der Waals surface area contributed by atoms with E-state index in [2.05, 4.69) is 12.1 Å². The van der Waals surface area contributed by atoms with Crippen LogP contribution in [0, 0.1) is 11.8 Å². The van der Waals surface area contributed by atoms with Crippen LogP contribution in [0.5, 0.6) is 0 Å². The van der Waals surface area contributed by atoms with Crippen molar-refractivity contribution in [2.45, 2.75) is 12.8 Å². The Kier molecular flexibility index (Phi) is 1.60. The van der Waals surface area contributed by atoms with Crippen LogP contribution in [0.25, 0.3) is 5.57 Å². The molecule has 0 spiro atoms. The normalized spacial score (nSPS) is 25.6. The molecule has 0 radical (unpaired) electrons. The van der Waals surface area contributed by atoms with Gasteiger partial charge in [0.1, 0.15) is 0 Å². The second kappa shape index (κ2) is 2.81. The summed E-state index contributed by atoms with van der Waals surface area (Å²) < 4.78 is 0. The van der Waals surface area contributed by atoms with Crippen LogP contribution in [0.15, 0.2) is 36.4 Å². The van der Waals surface area contributed by atoms with E-state index in [1.807, 2.05) is 18.2 Å². The number of carbonyl (C=O) groups is 1. The molecular weight excluding hydrogens is 172 g/mol. The third-order valence-corrected chi connectivity index (χ3v) is 3.14. The Morgan fingerprint density at radius 1 is 1.07 bits per heavy atom. The summed E-state index contributed by atoms with van der Waals surface area (Å²) in [6.07, 6.45) is 4.28. The van der Waals surface area contributed by atoms with Crippen molar-refractivity contribution in [3.63, 3.8) is 0 Å². The smallest absolute Gasteiger partial charge is 0.163 e. The molecule has 1 unspecified atom stereocenters. The Labute approximate surface area is 83.4 Å². The van der Waals surface area contributed by atoms with Gasteiger partial charge in [0, 0.05) is 0 Å². The van der Waals surface area contributed by atoms with Gasteiger partial charge in [-0.25, -0.2) is 0 Å². The summed E-state index contributed by atoms with van der Waals surface area (Å²) >= 11 is 0. The third kappa shape index (κ3) is 1.12. The first-order valence-electron chi connectivity index (χ1n) is 5.17. The van der Waals surface area contributed by atoms with E-state index < -0.39 is 0 Å². The average Bonchev–Trinajstić information content (AvgIpc) is 2.99. The van der Waals surface area contributed by atoms with Crippen molar-refractivity contribution >= 4 is 11.4 Å². The highest BCUT2D eigenvalue weighted by Crippen LogP contribution is 2.48. The third-order valence-electron chi connectivity index (χ3n) is 3.14. The summed E-state index contributed by atoms with van der Waals surface area (Å²) in [7, 11) is 0. The predicted molar refractivity (Wildman–Crippen MR) is 55.6 cm³/mol. The number of ketones is 1. The SMILES string of the molecule is O=C1C=C(c2ccccc2)C1C1CC1. The van der Waals surface area contributed by atoms with Gasteiger partial charge in [0.2, 0.25) is 0 Å². The van der Waals surface area contributed by atoms with E-state index in [-0.39, 0.29) is 5.92 Å². The van der Waals surface area contributed by atoms with Crippen LogP contribution in [-0.2, 0) is 4.79 Å². The average molecular weight is 184 g/mol. The first-order valence-corrected chi connectivity index (χ1v) is 5.17. The summed E-state index contributed by atoms with van der Waals surface area (Å²) in [5, 5.41) is 0. The molecule has 1 saturated carbocycles. The Balaban J connectivity index is 1.93. The molecule has 0 amide bonds. The van der Waals surface area contributed by atoms with Crippen LogP contribution in [0.4, 0.5) is 0 Å². The van der Waals surface area contributed by atoms with Crippen molar-refractivity contribution in [2.75, 3.05) is 0 Å². The second-order valence-electron chi connectivity index (χ2n) is 4.18. The molecule has 1 aromatic rings. The minimum absolute atomic E-state index is 0.234. The lowest BCUT2D eigenvalue weighted by atomic mass is 9.76. The minimum atomic E-state index is 0.234. The molecule has 0 N–H and O–H groups in total. The zero-order valence-electron chi connectivity index (χ0n) is 7.94. The van der Waals surface area contributed by atoms with E-state index in [1.165, 1.54) is 24.0 Å². The van der Waals surface area contributed by atoms with E-state index in [9.17, 15) is 4.79 Å². The molecule has 0 aromatic heterocycles. The molecule has 70 valence electrons. The summed E-state index contributed by atoms with van der Waals surface area (Å²) in [6.45, 7) is 0. The molecule has 0 saturated heterocycles. The van der Waals surface area contributed by atoms with Crippen molar-refractivity contribution in [3.8, 4) is 0 Å². The Morgan fingerprint density at radius 2 is 1.79 bits per heavy atom. The standard InChI is InChI=1S/C13H12O/c14-12-8-11(13(12)10-6-7-10)9-4-2-1-3-5-9/h1-5,8,10,13H,6-7H2. The molecule has 1 aromatic carbocycles. The number of hydrogen-bond donors (Lipinski definition) is 0. The lowest BCUT2D eigenvalue weighted by molar-refractivity contribution is -0.118. The lowest BCUT2D eigenvalue weighted by Crippen LogP contribution is -2.25. The lowest BCUT2D eigenvalue weighted by Gasteiger charge is -2.25. The van der Waals surface area contributed by atoms with Crippen LogP contribution in [0.3, 0.4) is 0 Å². The highest BCUT2D eigenvalue weighted by Gasteiger charge is 2.42. The number of carbonyl (C=O) groups excluding carboxylic acids is 1. The fourth-order valence-electron chi connectivity index (χ4n) is 2.20. The number of benzene rings is 1. The van der Waals surface area contributed by atoms with Crippen LogP contribution < -0.4 is 0 Å². The maximum absolute atomic E-state index is 11.4. The Morgan fingerprint density at radius 3 is 2.36 bits per heavy atom. The quantitative estimate of drug-likeness (QED) is 0.690. The fourth-order valence-corrected chi connectivity index (χ4v) is 2.20. The maximum atomic E-state index is 11.4. The zero-order valence-corrected chi connectivity index (χ0v) is 7.94. The van der Waals surface area contributed by atoms with Gasteiger partial charge in [-0.2, -0.15) is 0 Å². The van der Waals surface area contributed by atoms with Crippen LogP contribution in [0.1, 0.15) is 18.4 Å². The van der Waals surface area contributed by atoms with Gasteiger partial charge in [0.15, 0.2) is 5.78 Å². The van der Waals surface area contributed by atoms with Gasteiger partial charge in [0.25, 0.3) is 0 Å². The van der Waals surface area contributed by atoms with Crippen molar-refractivity contribution in [2.24, 2.45) is 11.8 Å². The van der Waals surface area contributed by atoms with E-state index in [1.54, 1.807) is 6.08 Å². The first-order chi connectivity index (χ1) is 6.86. The van der Waals surface area contributed by atoms with Gasteiger partial charge in [-0.1, -0.05) is 30.3 Å². The molecule has 1 heteroatoms. The van der Waals surface area contributed by atoms with Crippen molar-refractivity contribution < 1.29 is 4.79 Å². The highest BCUT2D eigenvalue weighted by molar-refractivity contribution is 6.14. The fraction of sp³-hybridized carbons (Fsp3) is 0.308. The Hall–Kier alpha value is -1.37. The number of allylic oxidation sites excluding steroid dienone is 2. The van der Waals surface area contributed by atoms with Gasteiger partial charge < -0.3 is 0 Å². The largest absolute Gasteiger partial charge is 0.294 e. The summed E-state index contributed by atoms with van der Waals surface area (Å²) in [5.41, 5.74) is 2.49.